The molecule has 0 aliphatic rings. The van der Waals surface area contributed by atoms with Gasteiger partial charge < -0.3 is 9.13 Å². The lowest BCUT2D eigenvalue weighted by atomic mass is 10.0. The fourth-order valence-electron chi connectivity index (χ4n) is 9.69. The van der Waals surface area contributed by atoms with Gasteiger partial charge in [-0.2, -0.15) is 0 Å². The standard InChI is InChI=1S/C57H35N5/c1-2-20-42(21-3-1)61-50-27-12-10-23-44(50)46-25-14-26-47(54(46)61)56-58-55(41-30-29-36-15-4-5-17-38(36)33-41)59-57(60-56)48-32-31-37-16-8-9-22-43(37)53(48)62-51-28-13-11-24-45(51)49-34-39-18-6-7-19-40(39)35-52(49)62/h1-35H. The fourth-order valence-corrected chi connectivity index (χ4v) is 9.69. The number of hydrogen-bond acceptors (Lipinski definition) is 3. The van der Waals surface area contributed by atoms with E-state index in [-0.39, 0.29) is 0 Å². The summed E-state index contributed by atoms with van der Waals surface area (Å²) in [6.07, 6.45) is 0. The maximum atomic E-state index is 5.56. The van der Waals surface area contributed by atoms with Gasteiger partial charge in [0.15, 0.2) is 17.5 Å². The highest BCUT2D eigenvalue weighted by Gasteiger charge is 2.24. The van der Waals surface area contributed by atoms with Crippen LogP contribution >= 0.6 is 0 Å². The van der Waals surface area contributed by atoms with E-state index in [4.69, 9.17) is 15.0 Å². The predicted molar refractivity (Wildman–Crippen MR) is 257 cm³/mol. The number of para-hydroxylation sites is 4. The van der Waals surface area contributed by atoms with Gasteiger partial charge in [-0.1, -0.05) is 158 Å². The molecule has 5 nitrogen and oxygen atoms in total. The lowest BCUT2D eigenvalue weighted by molar-refractivity contribution is 1.07. The van der Waals surface area contributed by atoms with Crippen LogP contribution in [0.25, 0.3) is 121 Å². The van der Waals surface area contributed by atoms with Gasteiger partial charge in [0.2, 0.25) is 0 Å². The number of hydrogen-bond donors (Lipinski definition) is 0. The van der Waals surface area contributed by atoms with E-state index in [9.17, 15) is 0 Å². The molecule has 62 heavy (non-hydrogen) atoms. The molecule has 3 aromatic heterocycles. The number of aromatic nitrogens is 5. The summed E-state index contributed by atoms with van der Waals surface area (Å²) >= 11 is 0. The third-order valence-electron chi connectivity index (χ3n) is 12.5. The first kappa shape index (κ1) is 34.5. The normalized spacial score (nSPS) is 11.9. The lowest BCUT2D eigenvalue weighted by Gasteiger charge is -2.18. The molecular weight excluding hydrogens is 755 g/mol. The zero-order chi connectivity index (χ0) is 40.7. The molecule has 0 spiro atoms. The molecule has 0 atom stereocenters. The van der Waals surface area contributed by atoms with Crippen LogP contribution in [0, 0.1) is 0 Å². The van der Waals surface area contributed by atoms with Gasteiger partial charge in [-0.05, 0) is 81.5 Å². The molecule has 0 saturated carbocycles. The molecule has 5 heteroatoms. The van der Waals surface area contributed by atoms with Crippen molar-refractivity contribution < 1.29 is 0 Å². The van der Waals surface area contributed by atoms with Crippen LogP contribution in [0.1, 0.15) is 0 Å². The highest BCUT2D eigenvalue weighted by Crippen LogP contribution is 2.42. The first-order valence-corrected chi connectivity index (χ1v) is 21.0. The Bertz CT molecular complexity index is 3930. The number of benzene rings is 10. The van der Waals surface area contributed by atoms with Crippen molar-refractivity contribution in [1.82, 2.24) is 24.1 Å². The van der Waals surface area contributed by atoms with E-state index in [2.05, 4.69) is 221 Å². The highest BCUT2D eigenvalue weighted by molar-refractivity contribution is 6.16. The molecule has 0 aliphatic carbocycles. The van der Waals surface area contributed by atoms with Gasteiger partial charge in [0.1, 0.15) is 0 Å². The monoisotopic (exact) mass is 789 g/mol. The summed E-state index contributed by atoms with van der Waals surface area (Å²) in [6.45, 7) is 0. The van der Waals surface area contributed by atoms with Crippen molar-refractivity contribution in [3.63, 3.8) is 0 Å². The first-order valence-electron chi connectivity index (χ1n) is 21.0. The van der Waals surface area contributed by atoms with E-state index in [0.717, 1.165) is 71.7 Å². The Labute approximate surface area is 356 Å². The second-order valence-electron chi connectivity index (χ2n) is 16.0. The lowest BCUT2D eigenvalue weighted by Crippen LogP contribution is -2.05. The van der Waals surface area contributed by atoms with Crippen molar-refractivity contribution in [2.75, 3.05) is 0 Å². The quantitative estimate of drug-likeness (QED) is 0.174. The molecule has 0 aliphatic heterocycles. The largest absolute Gasteiger partial charge is 0.309 e. The van der Waals surface area contributed by atoms with Gasteiger partial charge in [-0.15, -0.1) is 0 Å². The topological polar surface area (TPSA) is 48.5 Å². The predicted octanol–water partition coefficient (Wildman–Crippen LogP) is 14.5. The Balaban J connectivity index is 1.16. The van der Waals surface area contributed by atoms with Crippen LogP contribution in [0.4, 0.5) is 0 Å². The number of fused-ring (bicyclic) bond motifs is 9. The fraction of sp³-hybridized carbons (Fsp3) is 0. The molecule has 0 radical (unpaired) electrons. The van der Waals surface area contributed by atoms with Gasteiger partial charge in [-0.25, -0.2) is 15.0 Å². The summed E-state index contributed by atoms with van der Waals surface area (Å²) in [6, 6.07) is 75.7. The van der Waals surface area contributed by atoms with Crippen LogP contribution in [0.2, 0.25) is 0 Å². The van der Waals surface area contributed by atoms with E-state index < -0.39 is 0 Å². The average molecular weight is 790 g/mol. The Kier molecular flexibility index (Phi) is 7.54. The maximum Gasteiger partial charge on any atom is 0.166 e. The van der Waals surface area contributed by atoms with Crippen LogP contribution in [-0.4, -0.2) is 24.1 Å². The minimum absolute atomic E-state index is 0.602. The van der Waals surface area contributed by atoms with Crippen molar-refractivity contribution in [3.05, 3.63) is 212 Å². The van der Waals surface area contributed by atoms with Gasteiger partial charge in [-0.3, -0.25) is 0 Å². The Morgan fingerprint density at radius 3 is 1.61 bits per heavy atom. The van der Waals surface area contributed by atoms with E-state index in [1.165, 1.54) is 32.3 Å². The second kappa shape index (κ2) is 13.6. The molecule has 0 fully saturated rings. The zero-order valence-corrected chi connectivity index (χ0v) is 33.4. The minimum atomic E-state index is 0.602. The van der Waals surface area contributed by atoms with Gasteiger partial charge in [0.05, 0.1) is 27.8 Å². The molecule has 0 amide bonds. The Hall–Kier alpha value is -8.41. The Morgan fingerprint density at radius 1 is 0.290 bits per heavy atom. The van der Waals surface area contributed by atoms with Crippen LogP contribution in [0.3, 0.4) is 0 Å². The third kappa shape index (κ3) is 5.25. The number of rotatable bonds is 5. The zero-order valence-electron chi connectivity index (χ0n) is 33.4. The van der Waals surface area contributed by atoms with Gasteiger partial charge >= 0.3 is 0 Å². The SMILES string of the molecule is c1ccc(-n2c3ccccc3c3cccc(-c4nc(-c5ccc6ccccc6c5)nc(-c5ccc6ccccc6c5-n5c6ccccc6c6cc7ccccc7cc65)n4)c32)cc1. The van der Waals surface area contributed by atoms with Crippen molar-refractivity contribution in [2.24, 2.45) is 0 Å². The minimum Gasteiger partial charge on any atom is -0.309 e. The molecule has 0 bridgehead atoms. The van der Waals surface area contributed by atoms with E-state index in [0.29, 0.717) is 17.5 Å². The summed E-state index contributed by atoms with van der Waals surface area (Å²) in [5.74, 6) is 1.82. The summed E-state index contributed by atoms with van der Waals surface area (Å²) in [5.41, 5.74) is 9.30. The molecular formula is C57H35N5. The first-order chi connectivity index (χ1) is 30.7. The molecule has 0 saturated heterocycles. The molecule has 3 heterocycles. The highest BCUT2D eigenvalue weighted by atomic mass is 15.1. The molecule has 0 N–H and O–H groups in total. The van der Waals surface area contributed by atoms with Crippen molar-refractivity contribution in [3.8, 4) is 45.5 Å². The number of nitrogens with zero attached hydrogens (tertiary/aromatic N) is 5. The summed E-state index contributed by atoms with van der Waals surface area (Å²) in [4.78, 5) is 16.4. The summed E-state index contributed by atoms with van der Waals surface area (Å²) < 4.78 is 4.78. The molecule has 13 aromatic rings. The van der Waals surface area contributed by atoms with E-state index in [1.54, 1.807) is 0 Å². The summed E-state index contributed by atoms with van der Waals surface area (Å²) in [5, 5.41) is 11.7. The molecule has 0 unspecified atom stereocenters. The average Bonchev–Trinajstić information content (AvgIpc) is 3.85. The second-order valence-corrected chi connectivity index (χ2v) is 16.0. The van der Waals surface area contributed by atoms with Crippen molar-refractivity contribution in [2.45, 2.75) is 0 Å². The van der Waals surface area contributed by atoms with Crippen LogP contribution in [0.15, 0.2) is 212 Å². The molecule has 288 valence electrons. The van der Waals surface area contributed by atoms with Crippen molar-refractivity contribution >= 4 is 75.9 Å². The van der Waals surface area contributed by atoms with Crippen LogP contribution < -0.4 is 0 Å². The third-order valence-corrected chi connectivity index (χ3v) is 12.5. The summed E-state index contributed by atoms with van der Waals surface area (Å²) in [7, 11) is 0. The van der Waals surface area contributed by atoms with E-state index >= 15 is 0 Å². The molecule has 13 rings (SSSR count). The Morgan fingerprint density at radius 2 is 0.839 bits per heavy atom. The van der Waals surface area contributed by atoms with Crippen molar-refractivity contribution in [1.29, 1.82) is 0 Å². The molecule has 10 aromatic carbocycles. The smallest absolute Gasteiger partial charge is 0.166 e. The van der Waals surface area contributed by atoms with Crippen LogP contribution in [0.5, 0.6) is 0 Å². The van der Waals surface area contributed by atoms with Gasteiger partial charge in [0, 0.05) is 49.3 Å². The van der Waals surface area contributed by atoms with Crippen LogP contribution in [-0.2, 0) is 0 Å². The maximum absolute atomic E-state index is 5.56. The van der Waals surface area contributed by atoms with Gasteiger partial charge in [0.25, 0.3) is 0 Å². The van der Waals surface area contributed by atoms with E-state index in [1.807, 2.05) is 0 Å².